The number of allylic oxidation sites excluding steroid dienone is 1. The highest BCUT2D eigenvalue weighted by molar-refractivity contribution is 5.77. The summed E-state index contributed by atoms with van der Waals surface area (Å²) in [5.74, 6) is 0.668. The summed E-state index contributed by atoms with van der Waals surface area (Å²) in [5, 5.41) is 15.1. The van der Waals surface area contributed by atoms with Crippen LogP contribution in [0.4, 0.5) is 23.0 Å². The average Bonchev–Trinajstić information content (AvgIpc) is 2.74. The van der Waals surface area contributed by atoms with E-state index in [-0.39, 0.29) is 10.6 Å². The lowest BCUT2D eigenvalue weighted by Crippen LogP contribution is -2.26. The Morgan fingerprint density at radius 3 is 2.86 bits per heavy atom. The van der Waals surface area contributed by atoms with E-state index in [0.717, 1.165) is 37.8 Å². The number of benzene rings is 1. The number of fused-ring (bicyclic) bond motifs is 1. The molecule has 0 spiro atoms. The van der Waals surface area contributed by atoms with Gasteiger partial charge in [0.15, 0.2) is 0 Å². The van der Waals surface area contributed by atoms with Crippen molar-refractivity contribution in [1.29, 1.82) is 0 Å². The fourth-order valence-corrected chi connectivity index (χ4v) is 4.09. The number of hydrogen-bond donors (Lipinski definition) is 1. The Balaban J connectivity index is 1.60. The van der Waals surface area contributed by atoms with Crippen molar-refractivity contribution in [2.24, 2.45) is 0 Å². The number of hydrogen-bond acceptors (Lipinski definition) is 6. The molecule has 1 aromatic heterocycles. The summed E-state index contributed by atoms with van der Waals surface area (Å²) in [5.41, 5.74) is 3.58. The first kappa shape index (κ1) is 18.4. The van der Waals surface area contributed by atoms with Gasteiger partial charge in [0, 0.05) is 18.8 Å². The minimum absolute atomic E-state index is 0.0446. The van der Waals surface area contributed by atoms with Gasteiger partial charge in [0.25, 0.3) is 0 Å². The van der Waals surface area contributed by atoms with Crippen molar-refractivity contribution in [2.45, 2.75) is 44.9 Å². The van der Waals surface area contributed by atoms with E-state index in [4.69, 9.17) is 0 Å². The lowest BCUT2D eigenvalue weighted by molar-refractivity contribution is -0.383. The largest absolute Gasteiger partial charge is 0.364 e. The van der Waals surface area contributed by atoms with Crippen LogP contribution in [0.25, 0.3) is 0 Å². The average molecular weight is 379 g/mol. The van der Waals surface area contributed by atoms with Crippen LogP contribution >= 0.6 is 0 Å². The second-order valence-electron chi connectivity index (χ2n) is 7.32. The molecule has 0 bridgehead atoms. The quantitative estimate of drug-likeness (QED) is 0.442. The second kappa shape index (κ2) is 8.37. The number of anilines is 3. The van der Waals surface area contributed by atoms with Crippen LogP contribution in [0.3, 0.4) is 0 Å². The third-order valence-corrected chi connectivity index (χ3v) is 5.48. The number of para-hydroxylation sites is 1. The monoisotopic (exact) mass is 379 g/mol. The molecule has 0 atom stereocenters. The summed E-state index contributed by atoms with van der Waals surface area (Å²) in [4.78, 5) is 22.0. The number of nitro groups is 1. The summed E-state index contributed by atoms with van der Waals surface area (Å²) in [6.45, 7) is 1.35. The van der Waals surface area contributed by atoms with Crippen LogP contribution < -0.4 is 10.2 Å². The fraction of sp³-hybridized carbons (Fsp3) is 0.429. The van der Waals surface area contributed by atoms with E-state index >= 15 is 0 Å². The van der Waals surface area contributed by atoms with Gasteiger partial charge in [-0.3, -0.25) is 10.1 Å². The molecule has 7 heteroatoms. The molecule has 4 rings (SSSR count). The van der Waals surface area contributed by atoms with Gasteiger partial charge >= 0.3 is 5.69 Å². The van der Waals surface area contributed by atoms with Crippen LogP contribution in [0.5, 0.6) is 0 Å². The molecule has 0 saturated carbocycles. The number of nitrogens with zero attached hydrogens (tertiary/aromatic N) is 4. The highest BCUT2D eigenvalue weighted by Crippen LogP contribution is 2.39. The van der Waals surface area contributed by atoms with E-state index in [1.165, 1.54) is 30.3 Å². The molecule has 2 aromatic rings. The molecular weight excluding hydrogens is 354 g/mol. The van der Waals surface area contributed by atoms with Crippen LogP contribution in [0.2, 0.25) is 0 Å². The minimum atomic E-state index is -0.366. The molecular formula is C21H25N5O2. The first-order valence-corrected chi connectivity index (χ1v) is 10.0. The first-order valence-electron chi connectivity index (χ1n) is 10.0. The van der Waals surface area contributed by atoms with Gasteiger partial charge in [-0.05, 0) is 56.6 Å². The maximum atomic E-state index is 11.9. The third kappa shape index (κ3) is 3.83. The zero-order chi connectivity index (χ0) is 19.3. The van der Waals surface area contributed by atoms with Crippen LogP contribution in [0.1, 0.15) is 44.1 Å². The SMILES string of the molecule is O=[N+]([O-])c1c(NCCC2=CCCCC2)ncnc1N1CCCc2ccccc21. The molecule has 2 aliphatic rings. The van der Waals surface area contributed by atoms with Crippen molar-refractivity contribution in [3.63, 3.8) is 0 Å². The topological polar surface area (TPSA) is 84.2 Å². The highest BCUT2D eigenvalue weighted by atomic mass is 16.6. The second-order valence-corrected chi connectivity index (χ2v) is 7.32. The summed E-state index contributed by atoms with van der Waals surface area (Å²) in [6.07, 6.45) is 11.3. The molecule has 28 heavy (non-hydrogen) atoms. The number of aryl methyl sites for hydroxylation is 1. The van der Waals surface area contributed by atoms with Crippen molar-refractivity contribution in [1.82, 2.24) is 9.97 Å². The van der Waals surface area contributed by atoms with E-state index in [1.54, 1.807) is 0 Å². The number of nitrogens with one attached hydrogen (secondary N) is 1. The van der Waals surface area contributed by atoms with E-state index < -0.39 is 0 Å². The van der Waals surface area contributed by atoms with Crippen LogP contribution in [0, 0.1) is 10.1 Å². The molecule has 146 valence electrons. The summed E-state index contributed by atoms with van der Waals surface area (Å²) in [7, 11) is 0. The van der Waals surface area contributed by atoms with Crippen LogP contribution in [-0.4, -0.2) is 28.0 Å². The van der Waals surface area contributed by atoms with Gasteiger partial charge in [0.1, 0.15) is 6.33 Å². The molecule has 2 heterocycles. The molecule has 7 nitrogen and oxygen atoms in total. The van der Waals surface area contributed by atoms with Crippen LogP contribution in [-0.2, 0) is 6.42 Å². The summed E-state index contributed by atoms with van der Waals surface area (Å²) < 4.78 is 0. The standard InChI is InChI=1S/C21H25N5O2/c27-26(28)19-20(22-13-12-16-7-2-1-3-8-16)23-15-24-21(19)25-14-6-10-17-9-4-5-11-18(17)25/h4-5,7,9,11,15H,1-3,6,8,10,12-14H2,(H,22,23,24). The van der Waals surface area contributed by atoms with Gasteiger partial charge in [-0.15, -0.1) is 0 Å². The molecule has 1 aromatic carbocycles. The Morgan fingerprint density at radius 1 is 1.14 bits per heavy atom. The van der Waals surface area contributed by atoms with Gasteiger partial charge in [-0.25, -0.2) is 9.97 Å². The van der Waals surface area contributed by atoms with E-state index in [0.29, 0.717) is 24.7 Å². The molecule has 1 aliphatic carbocycles. The normalized spacial score (nSPS) is 16.3. The van der Waals surface area contributed by atoms with E-state index in [9.17, 15) is 10.1 Å². The van der Waals surface area contributed by atoms with Gasteiger partial charge in [-0.2, -0.15) is 0 Å². The maximum absolute atomic E-state index is 11.9. The van der Waals surface area contributed by atoms with Crippen molar-refractivity contribution in [3.8, 4) is 0 Å². The van der Waals surface area contributed by atoms with E-state index in [2.05, 4.69) is 27.4 Å². The molecule has 0 amide bonds. The van der Waals surface area contributed by atoms with Crippen LogP contribution in [0.15, 0.2) is 42.2 Å². The van der Waals surface area contributed by atoms with E-state index in [1.807, 2.05) is 23.1 Å². The Hall–Kier alpha value is -2.96. The zero-order valence-corrected chi connectivity index (χ0v) is 15.9. The smallest absolute Gasteiger partial charge is 0.353 e. The third-order valence-electron chi connectivity index (χ3n) is 5.48. The van der Waals surface area contributed by atoms with Gasteiger partial charge in [-0.1, -0.05) is 29.8 Å². The predicted molar refractivity (Wildman–Crippen MR) is 110 cm³/mol. The molecule has 0 unspecified atom stereocenters. The Morgan fingerprint density at radius 2 is 2.04 bits per heavy atom. The molecule has 1 N–H and O–H groups in total. The Bertz CT molecular complexity index is 896. The van der Waals surface area contributed by atoms with Crippen molar-refractivity contribution < 1.29 is 4.92 Å². The number of rotatable bonds is 6. The Kier molecular flexibility index (Phi) is 5.50. The Labute approximate surface area is 164 Å². The molecule has 0 fully saturated rings. The lowest BCUT2D eigenvalue weighted by Gasteiger charge is -2.30. The highest BCUT2D eigenvalue weighted by Gasteiger charge is 2.30. The van der Waals surface area contributed by atoms with Crippen molar-refractivity contribution in [2.75, 3.05) is 23.3 Å². The summed E-state index contributed by atoms with van der Waals surface area (Å²) in [6, 6.07) is 8.04. The molecule has 0 saturated heterocycles. The van der Waals surface area contributed by atoms with Crippen molar-refractivity contribution >= 4 is 23.0 Å². The zero-order valence-electron chi connectivity index (χ0n) is 15.9. The number of aromatic nitrogens is 2. The molecule has 1 aliphatic heterocycles. The lowest BCUT2D eigenvalue weighted by atomic mass is 9.97. The fourth-order valence-electron chi connectivity index (χ4n) is 4.09. The molecule has 0 radical (unpaired) electrons. The van der Waals surface area contributed by atoms with Crippen molar-refractivity contribution in [3.05, 3.63) is 57.9 Å². The van der Waals surface area contributed by atoms with Gasteiger partial charge in [0.2, 0.25) is 11.6 Å². The van der Waals surface area contributed by atoms with Gasteiger partial charge < -0.3 is 10.2 Å². The predicted octanol–water partition coefficient (Wildman–Crippen LogP) is 4.77. The first-order chi connectivity index (χ1) is 13.7. The maximum Gasteiger partial charge on any atom is 0.353 e. The summed E-state index contributed by atoms with van der Waals surface area (Å²) >= 11 is 0. The van der Waals surface area contributed by atoms with Gasteiger partial charge in [0.05, 0.1) is 4.92 Å². The minimum Gasteiger partial charge on any atom is -0.364 e.